The SMILES string of the molecule is CC=C1NCc2cc(OC)c(F)cc21. The Morgan fingerprint density at radius 1 is 1.50 bits per heavy atom. The van der Waals surface area contributed by atoms with Crippen molar-refractivity contribution in [2.24, 2.45) is 0 Å². The van der Waals surface area contributed by atoms with Crippen molar-refractivity contribution >= 4 is 5.70 Å². The summed E-state index contributed by atoms with van der Waals surface area (Å²) in [4.78, 5) is 0. The van der Waals surface area contributed by atoms with E-state index < -0.39 is 0 Å². The summed E-state index contributed by atoms with van der Waals surface area (Å²) in [5, 5.41) is 3.19. The monoisotopic (exact) mass is 193 g/mol. The first-order chi connectivity index (χ1) is 6.76. The van der Waals surface area contributed by atoms with E-state index in [1.165, 1.54) is 13.2 Å². The van der Waals surface area contributed by atoms with Crippen molar-refractivity contribution in [3.05, 3.63) is 35.2 Å². The van der Waals surface area contributed by atoms with Crippen LogP contribution < -0.4 is 10.1 Å². The molecule has 0 radical (unpaired) electrons. The minimum Gasteiger partial charge on any atom is -0.494 e. The van der Waals surface area contributed by atoms with E-state index in [-0.39, 0.29) is 5.82 Å². The predicted molar refractivity (Wildman–Crippen MR) is 53.4 cm³/mol. The van der Waals surface area contributed by atoms with Crippen LogP contribution in [0.4, 0.5) is 4.39 Å². The molecule has 1 aromatic carbocycles. The van der Waals surface area contributed by atoms with Gasteiger partial charge in [0.1, 0.15) is 0 Å². The van der Waals surface area contributed by atoms with E-state index in [1.54, 1.807) is 6.07 Å². The van der Waals surface area contributed by atoms with Crippen LogP contribution in [-0.4, -0.2) is 7.11 Å². The molecule has 14 heavy (non-hydrogen) atoms. The van der Waals surface area contributed by atoms with Crippen molar-refractivity contribution in [3.8, 4) is 5.75 Å². The van der Waals surface area contributed by atoms with Gasteiger partial charge in [-0.05, 0) is 24.6 Å². The molecular formula is C11H12FNO. The first kappa shape index (κ1) is 9.06. The fourth-order valence-electron chi connectivity index (χ4n) is 1.69. The number of fused-ring (bicyclic) bond motifs is 1. The molecule has 0 aliphatic carbocycles. The molecule has 0 aromatic heterocycles. The molecule has 0 spiro atoms. The van der Waals surface area contributed by atoms with Crippen LogP contribution in [-0.2, 0) is 6.54 Å². The molecule has 1 aliphatic heterocycles. The summed E-state index contributed by atoms with van der Waals surface area (Å²) in [6, 6.07) is 3.26. The Balaban J connectivity index is 2.55. The highest BCUT2D eigenvalue weighted by molar-refractivity contribution is 5.71. The maximum absolute atomic E-state index is 13.4. The van der Waals surface area contributed by atoms with E-state index in [1.807, 2.05) is 13.0 Å². The molecule has 0 unspecified atom stereocenters. The van der Waals surface area contributed by atoms with Gasteiger partial charge in [-0.2, -0.15) is 0 Å². The van der Waals surface area contributed by atoms with E-state index in [4.69, 9.17) is 4.74 Å². The Morgan fingerprint density at radius 2 is 2.29 bits per heavy atom. The van der Waals surface area contributed by atoms with Crippen molar-refractivity contribution in [2.45, 2.75) is 13.5 Å². The first-order valence-corrected chi connectivity index (χ1v) is 4.53. The highest BCUT2D eigenvalue weighted by Gasteiger charge is 2.18. The highest BCUT2D eigenvalue weighted by Crippen LogP contribution is 2.30. The zero-order valence-electron chi connectivity index (χ0n) is 8.23. The smallest absolute Gasteiger partial charge is 0.165 e. The lowest BCUT2D eigenvalue weighted by molar-refractivity contribution is 0.386. The zero-order valence-corrected chi connectivity index (χ0v) is 8.23. The Kier molecular flexibility index (Phi) is 2.15. The van der Waals surface area contributed by atoms with Gasteiger partial charge in [0.25, 0.3) is 0 Å². The summed E-state index contributed by atoms with van der Waals surface area (Å²) in [7, 11) is 1.48. The second kappa shape index (κ2) is 3.33. The fourth-order valence-corrected chi connectivity index (χ4v) is 1.69. The summed E-state index contributed by atoms with van der Waals surface area (Å²) in [6.07, 6.45) is 1.94. The lowest BCUT2D eigenvalue weighted by Crippen LogP contribution is -1.99. The number of hydrogen-bond acceptors (Lipinski definition) is 2. The van der Waals surface area contributed by atoms with Gasteiger partial charge in [0.2, 0.25) is 0 Å². The highest BCUT2D eigenvalue weighted by atomic mass is 19.1. The Hall–Kier alpha value is -1.51. The number of ether oxygens (including phenoxy) is 1. The van der Waals surface area contributed by atoms with Crippen molar-refractivity contribution < 1.29 is 9.13 Å². The van der Waals surface area contributed by atoms with Crippen LogP contribution in [0.1, 0.15) is 18.1 Å². The lowest BCUT2D eigenvalue weighted by Gasteiger charge is -2.04. The van der Waals surface area contributed by atoms with Gasteiger partial charge in [-0.3, -0.25) is 0 Å². The van der Waals surface area contributed by atoms with Crippen LogP contribution in [0, 0.1) is 5.82 Å². The largest absolute Gasteiger partial charge is 0.494 e. The van der Waals surface area contributed by atoms with Crippen LogP contribution >= 0.6 is 0 Å². The molecule has 2 nitrogen and oxygen atoms in total. The molecule has 0 saturated heterocycles. The Morgan fingerprint density at radius 3 is 2.93 bits per heavy atom. The van der Waals surface area contributed by atoms with E-state index in [0.717, 1.165) is 23.4 Å². The molecular weight excluding hydrogens is 181 g/mol. The molecule has 1 aromatic rings. The van der Waals surface area contributed by atoms with Crippen molar-refractivity contribution in [3.63, 3.8) is 0 Å². The molecule has 0 saturated carbocycles. The van der Waals surface area contributed by atoms with Gasteiger partial charge in [0.05, 0.1) is 7.11 Å². The van der Waals surface area contributed by atoms with Crippen molar-refractivity contribution in [1.29, 1.82) is 0 Å². The van der Waals surface area contributed by atoms with E-state index in [9.17, 15) is 4.39 Å². The third kappa shape index (κ3) is 1.25. The Bertz CT molecular complexity index is 399. The average Bonchev–Trinajstić information content (AvgIpc) is 2.58. The molecule has 2 rings (SSSR count). The number of methoxy groups -OCH3 is 1. The van der Waals surface area contributed by atoms with Gasteiger partial charge in [-0.1, -0.05) is 6.08 Å². The Labute approximate surface area is 82.4 Å². The van der Waals surface area contributed by atoms with Gasteiger partial charge in [0.15, 0.2) is 11.6 Å². The number of hydrogen-bond donors (Lipinski definition) is 1. The van der Waals surface area contributed by atoms with E-state index in [0.29, 0.717) is 5.75 Å². The normalized spacial score (nSPS) is 16.6. The number of allylic oxidation sites excluding steroid dienone is 1. The molecule has 3 heteroatoms. The standard InChI is InChI=1S/C11H12FNO/c1-3-10-8-5-9(12)11(14-2)4-7(8)6-13-10/h3-5,13H,6H2,1-2H3. The molecule has 1 N–H and O–H groups in total. The first-order valence-electron chi connectivity index (χ1n) is 4.53. The molecule has 0 fully saturated rings. The summed E-state index contributed by atoms with van der Waals surface area (Å²) in [5.41, 5.74) is 3.00. The summed E-state index contributed by atoms with van der Waals surface area (Å²) in [6.45, 7) is 2.67. The maximum Gasteiger partial charge on any atom is 0.165 e. The topological polar surface area (TPSA) is 21.3 Å². The van der Waals surface area contributed by atoms with Crippen LogP contribution in [0.25, 0.3) is 5.70 Å². The maximum atomic E-state index is 13.4. The third-order valence-electron chi connectivity index (χ3n) is 2.43. The second-order valence-corrected chi connectivity index (χ2v) is 3.20. The van der Waals surface area contributed by atoms with Gasteiger partial charge >= 0.3 is 0 Å². The quantitative estimate of drug-likeness (QED) is 0.738. The summed E-state index contributed by atoms with van der Waals surface area (Å²) < 4.78 is 18.3. The van der Waals surface area contributed by atoms with Gasteiger partial charge in [-0.15, -0.1) is 0 Å². The van der Waals surface area contributed by atoms with E-state index in [2.05, 4.69) is 5.32 Å². The van der Waals surface area contributed by atoms with Crippen molar-refractivity contribution in [1.82, 2.24) is 5.32 Å². The van der Waals surface area contributed by atoms with Crippen molar-refractivity contribution in [2.75, 3.05) is 7.11 Å². The van der Waals surface area contributed by atoms with E-state index >= 15 is 0 Å². The molecule has 74 valence electrons. The second-order valence-electron chi connectivity index (χ2n) is 3.20. The zero-order chi connectivity index (χ0) is 10.1. The van der Waals surface area contributed by atoms with Crippen LogP contribution in [0.3, 0.4) is 0 Å². The van der Waals surface area contributed by atoms with Crippen LogP contribution in [0.5, 0.6) is 5.75 Å². The fraction of sp³-hybridized carbons (Fsp3) is 0.273. The predicted octanol–water partition coefficient (Wildman–Crippen LogP) is 2.30. The summed E-state index contributed by atoms with van der Waals surface area (Å²) >= 11 is 0. The molecule has 0 amide bonds. The van der Waals surface area contributed by atoms with Gasteiger partial charge in [0, 0.05) is 17.8 Å². The lowest BCUT2D eigenvalue weighted by atomic mass is 10.1. The molecule has 0 bridgehead atoms. The number of benzene rings is 1. The minimum absolute atomic E-state index is 0.308. The average molecular weight is 193 g/mol. The number of nitrogens with one attached hydrogen (secondary N) is 1. The molecule has 0 atom stereocenters. The van der Waals surface area contributed by atoms with Crippen LogP contribution in [0.2, 0.25) is 0 Å². The van der Waals surface area contributed by atoms with Crippen LogP contribution in [0.15, 0.2) is 18.2 Å². The van der Waals surface area contributed by atoms with Gasteiger partial charge < -0.3 is 10.1 Å². The third-order valence-corrected chi connectivity index (χ3v) is 2.43. The minimum atomic E-state index is -0.311. The number of halogens is 1. The molecule has 1 aliphatic rings. The number of rotatable bonds is 1. The van der Waals surface area contributed by atoms with Gasteiger partial charge in [-0.25, -0.2) is 4.39 Å². The molecule has 1 heterocycles. The summed E-state index contributed by atoms with van der Waals surface area (Å²) in [5.74, 6) is -0.00259.